The molecule has 0 radical (unpaired) electrons. The summed E-state index contributed by atoms with van der Waals surface area (Å²) in [6, 6.07) is 1.68. The number of thiophene rings is 1. The van der Waals surface area contributed by atoms with Crippen LogP contribution in [-0.4, -0.2) is 23.8 Å². The van der Waals surface area contributed by atoms with E-state index in [1.807, 2.05) is 6.92 Å². The molecule has 1 unspecified atom stereocenters. The van der Waals surface area contributed by atoms with Crippen molar-refractivity contribution in [3.8, 4) is 0 Å². The van der Waals surface area contributed by atoms with E-state index in [-0.39, 0.29) is 10.7 Å². The molecule has 0 spiro atoms. The van der Waals surface area contributed by atoms with E-state index in [9.17, 15) is 9.59 Å². The van der Waals surface area contributed by atoms with Gasteiger partial charge in [-0.2, -0.15) is 0 Å². The van der Waals surface area contributed by atoms with Crippen LogP contribution in [0.15, 0.2) is 11.4 Å². The first-order valence-electron chi connectivity index (χ1n) is 4.70. The fourth-order valence-electron chi connectivity index (χ4n) is 1.05. The summed E-state index contributed by atoms with van der Waals surface area (Å²) in [5, 5.41) is 4.41. The third-order valence-electron chi connectivity index (χ3n) is 1.94. The Morgan fingerprint density at radius 2 is 2.31 bits per heavy atom. The number of hydrogen-bond acceptors (Lipinski definition) is 4. The third kappa shape index (κ3) is 3.05. The van der Waals surface area contributed by atoms with E-state index in [1.54, 1.807) is 11.4 Å². The molecule has 0 saturated heterocycles. The van der Waals surface area contributed by atoms with Crippen molar-refractivity contribution >= 4 is 44.8 Å². The summed E-state index contributed by atoms with van der Waals surface area (Å²) >= 11 is 4.48. The van der Waals surface area contributed by atoms with Crippen LogP contribution < -0.4 is 5.32 Å². The Morgan fingerprint density at radius 1 is 1.62 bits per heavy atom. The lowest BCUT2D eigenvalue weighted by molar-refractivity contribution is -0.115. The zero-order valence-corrected chi connectivity index (χ0v) is 11.4. The molecule has 16 heavy (non-hydrogen) atoms. The number of anilines is 1. The molecule has 0 bridgehead atoms. The first-order chi connectivity index (χ1) is 7.60. The summed E-state index contributed by atoms with van der Waals surface area (Å²) in [7, 11) is 1.31. The number of ether oxygens (including phenoxy) is 1. The van der Waals surface area contributed by atoms with Crippen LogP contribution >= 0.6 is 27.3 Å². The smallest absolute Gasteiger partial charge is 0.350 e. The molecule has 0 saturated carbocycles. The van der Waals surface area contributed by atoms with Crippen LogP contribution in [0.2, 0.25) is 0 Å². The van der Waals surface area contributed by atoms with Gasteiger partial charge in [-0.15, -0.1) is 11.3 Å². The van der Waals surface area contributed by atoms with Gasteiger partial charge >= 0.3 is 5.97 Å². The number of alkyl halides is 1. The Bertz CT molecular complexity index is 391. The second kappa shape index (κ2) is 6.00. The maximum Gasteiger partial charge on any atom is 0.350 e. The molecule has 1 N–H and O–H groups in total. The molecule has 0 aromatic carbocycles. The molecule has 88 valence electrons. The second-order valence-electron chi connectivity index (χ2n) is 3.02. The molecule has 1 amide bonds. The number of esters is 1. The predicted octanol–water partition coefficient (Wildman–Crippen LogP) is 2.65. The van der Waals surface area contributed by atoms with Gasteiger partial charge in [0.1, 0.15) is 4.88 Å². The summed E-state index contributed by atoms with van der Waals surface area (Å²) in [6.45, 7) is 1.90. The molecular formula is C10H12BrNO3S. The average molecular weight is 306 g/mol. The molecular weight excluding hydrogens is 294 g/mol. The van der Waals surface area contributed by atoms with Crippen molar-refractivity contribution in [1.29, 1.82) is 0 Å². The van der Waals surface area contributed by atoms with Crippen LogP contribution in [0.25, 0.3) is 0 Å². The van der Waals surface area contributed by atoms with Crippen molar-refractivity contribution in [3.05, 3.63) is 16.3 Å². The lowest BCUT2D eigenvalue weighted by atomic mass is 10.3. The molecule has 1 rings (SSSR count). The number of rotatable bonds is 4. The van der Waals surface area contributed by atoms with Crippen LogP contribution in [0.3, 0.4) is 0 Å². The van der Waals surface area contributed by atoms with E-state index in [2.05, 4.69) is 26.0 Å². The monoisotopic (exact) mass is 305 g/mol. The lowest BCUT2D eigenvalue weighted by Gasteiger charge is -2.08. The summed E-state index contributed by atoms with van der Waals surface area (Å²) in [5.41, 5.74) is 0.500. The Kier molecular flexibility index (Phi) is 4.95. The van der Waals surface area contributed by atoms with Crippen LogP contribution in [0.1, 0.15) is 23.0 Å². The summed E-state index contributed by atoms with van der Waals surface area (Å²) in [6.07, 6.45) is 0.684. The van der Waals surface area contributed by atoms with Gasteiger partial charge in [0.05, 0.1) is 17.6 Å². The maximum atomic E-state index is 11.6. The van der Waals surface area contributed by atoms with E-state index < -0.39 is 5.97 Å². The molecule has 0 fully saturated rings. The number of carbonyl (C=O) groups excluding carboxylic acids is 2. The van der Waals surface area contributed by atoms with E-state index in [4.69, 9.17) is 0 Å². The van der Waals surface area contributed by atoms with Crippen LogP contribution in [-0.2, 0) is 9.53 Å². The van der Waals surface area contributed by atoms with Gasteiger partial charge in [0.2, 0.25) is 5.91 Å². The van der Waals surface area contributed by atoms with Crippen molar-refractivity contribution in [2.24, 2.45) is 0 Å². The quantitative estimate of drug-likeness (QED) is 0.687. The van der Waals surface area contributed by atoms with Gasteiger partial charge in [-0.25, -0.2) is 4.79 Å². The molecule has 1 atom stereocenters. The zero-order chi connectivity index (χ0) is 12.1. The Morgan fingerprint density at radius 3 is 2.88 bits per heavy atom. The highest BCUT2D eigenvalue weighted by molar-refractivity contribution is 9.10. The highest BCUT2D eigenvalue weighted by Crippen LogP contribution is 2.23. The van der Waals surface area contributed by atoms with Crippen molar-refractivity contribution in [3.63, 3.8) is 0 Å². The molecule has 6 heteroatoms. The fraction of sp³-hybridized carbons (Fsp3) is 0.400. The molecule has 0 aliphatic heterocycles. The van der Waals surface area contributed by atoms with Crippen LogP contribution in [0.4, 0.5) is 5.69 Å². The van der Waals surface area contributed by atoms with Crippen molar-refractivity contribution in [2.45, 2.75) is 18.2 Å². The largest absolute Gasteiger partial charge is 0.465 e. The second-order valence-corrected chi connectivity index (χ2v) is 5.04. The van der Waals surface area contributed by atoms with Gasteiger partial charge in [0.15, 0.2) is 0 Å². The number of amides is 1. The number of halogens is 1. The van der Waals surface area contributed by atoms with Crippen molar-refractivity contribution < 1.29 is 14.3 Å². The first kappa shape index (κ1) is 13.2. The van der Waals surface area contributed by atoms with E-state index in [1.165, 1.54) is 18.4 Å². The van der Waals surface area contributed by atoms with E-state index in [0.29, 0.717) is 17.0 Å². The normalized spacial score (nSPS) is 11.9. The Labute approximate surface area is 106 Å². The van der Waals surface area contributed by atoms with Crippen molar-refractivity contribution in [2.75, 3.05) is 12.4 Å². The average Bonchev–Trinajstić information content (AvgIpc) is 2.74. The minimum Gasteiger partial charge on any atom is -0.465 e. The minimum absolute atomic E-state index is 0.161. The van der Waals surface area contributed by atoms with E-state index in [0.717, 1.165) is 0 Å². The van der Waals surface area contributed by atoms with Gasteiger partial charge in [-0.05, 0) is 17.9 Å². The number of carbonyl (C=O) groups is 2. The fourth-order valence-corrected chi connectivity index (χ4v) is 1.94. The molecule has 1 aromatic heterocycles. The first-order valence-corrected chi connectivity index (χ1v) is 6.50. The Balaban J connectivity index is 2.78. The van der Waals surface area contributed by atoms with Crippen LogP contribution in [0.5, 0.6) is 0 Å². The lowest BCUT2D eigenvalue weighted by Crippen LogP contribution is -2.22. The molecule has 4 nitrogen and oxygen atoms in total. The number of methoxy groups -OCH3 is 1. The van der Waals surface area contributed by atoms with E-state index >= 15 is 0 Å². The zero-order valence-electron chi connectivity index (χ0n) is 8.95. The minimum atomic E-state index is -0.437. The molecule has 0 aliphatic carbocycles. The summed E-state index contributed by atoms with van der Waals surface area (Å²) in [5.74, 6) is -0.598. The molecule has 1 aromatic rings. The standard InChI is InChI=1S/C10H12BrNO3S/c1-3-6(11)9(13)12-7-4-5-16-8(7)10(14)15-2/h4-6H,3H2,1-2H3,(H,12,13). The topological polar surface area (TPSA) is 55.4 Å². The van der Waals surface area contributed by atoms with Crippen molar-refractivity contribution in [1.82, 2.24) is 0 Å². The van der Waals surface area contributed by atoms with Gasteiger partial charge in [-0.1, -0.05) is 22.9 Å². The van der Waals surface area contributed by atoms with Gasteiger partial charge < -0.3 is 10.1 Å². The Hall–Kier alpha value is -0.880. The maximum absolute atomic E-state index is 11.6. The van der Waals surface area contributed by atoms with Gasteiger partial charge in [-0.3, -0.25) is 4.79 Å². The molecule has 0 aliphatic rings. The predicted molar refractivity (Wildman–Crippen MR) is 67.3 cm³/mol. The highest BCUT2D eigenvalue weighted by Gasteiger charge is 2.18. The summed E-state index contributed by atoms with van der Waals surface area (Å²) in [4.78, 5) is 23.1. The third-order valence-corrected chi connectivity index (χ3v) is 3.89. The number of hydrogen-bond donors (Lipinski definition) is 1. The molecule has 1 heterocycles. The SMILES string of the molecule is CCC(Br)C(=O)Nc1ccsc1C(=O)OC. The van der Waals surface area contributed by atoms with Gasteiger partial charge in [0, 0.05) is 0 Å². The highest BCUT2D eigenvalue weighted by atomic mass is 79.9. The van der Waals surface area contributed by atoms with Gasteiger partial charge in [0.25, 0.3) is 0 Å². The summed E-state index contributed by atoms with van der Waals surface area (Å²) < 4.78 is 4.61. The van der Waals surface area contributed by atoms with Crippen LogP contribution in [0, 0.1) is 0 Å². The number of nitrogens with one attached hydrogen (secondary N) is 1.